The van der Waals surface area contributed by atoms with E-state index in [0.717, 1.165) is 47.7 Å². The molecule has 0 aliphatic carbocycles. The Balaban J connectivity index is 1.75. The molecule has 0 amide bonds. The third-order valence-electron chi connectivity index (χ3n) is 5.17. The standard InChI is InChI=1S/C22H28N8O2/c1-15-19(16-10-18(14-24-11-16)32-9-4-29(2)3)27-22(30-5-7-31-8-6-30)28-20(15)17-12-25-21(23)26-13-17/h10-14H,4-9H2,1-3H3,(H2,23,25,26). The Kier molecular flexibility index (Phi) is 6.72. The zero-order chi connectivity index (χ0) is 22.5. The van der Waals surface area contributed by atoms with Crippen molar-refractivity contribution in [3.05, 3.63) is 36.4 Å². The summed E-state index contributed by atoms with van der Waals surface area (Å²) >= 11 is 0. The van der Waals surface area contributed by atoms with E-state index in [1.807, 2.05) is 27.1 Å². The van der Waals surface area contributed by atoms with Crippen molar-refractivity contribution in [2.45, 2.75) is 6.92 Å². The predicted octanol–water partition coefficient (Wildman–Crippen LogP) is 1.66. The molecule has 0 radical (unpaired) electrons. The zero-order valence-electron chi connectivity index (χ0n) is 18.7. The van der Waals surface area contributed by atoms with Crippen LogP contribution in [0.5, 0.6) is 5.75 Å². The van der Waals surface area contributed by atoms with Crippen LogP contribution in [0.1, 0.15) is 5.56 Å². The van der Waals surface area contributed by atoms with Gasteiger partial charge in [-0.25, -0.2) is 19.9 Å². The lowest BCUT2D eigenvalue weighted by molar-refractivity contribution is 0.122. The monoisotopic (exact) mass is 436 g/mol. The minimum absolute atomic E-state index is 0.223. The molecule has 168 valence electrons. The molecule has 3 aromatic rings. The maximum atomic E-state index is 5.89. The quantitative estimate of drug-likeness (QED) is 0.586. The van der Waals surface area contributed by atoms with Crippen molar-refractivity contribution in [3.63, 3.8) is 0 Å². The van der Waals surface area contributed by atoms with Gasteiger partial charge in [-0.1, -0.05) is 0 Å². The molecule has 4 rings (SSSR count). The van der Waals surface area contributed by atoms with E-state index in [2.05, 4.69) is 24.8 Å². The van der Waals surface area contributed by atoms with Crippen molar-refractivity contribution in [1.82, 2.24) is 29.8 Å². The molecule has 0 unspecified atom stereocenters. The molecular weight excluding hydrogens is 408 g/mol. The van der Waals surface area contributed by atoms with E-state index in [1.165, 1.54) is 0 Å². The Morgan fingerprint density at radius 1 is 1.03 bits per heavy atom. The number of ether oxygens (including phenoxy) is 2. The summed E-state index contributed by atoms with van der Waals surface area (Å²) < 4.78 is 11.4. The van der Waals surface area contributed by atoms with Gasteiger partial charge in [0.1, 0.15) is 12.4 Å². The van der Waals surface area contributed by atoms with E-state index in [0.29, 0.717) is 31.5 Å². The zero-order valence-corrected chi connectivity index (χ0v) is 18.7. The summed E-state index contributed by atoms with van der Waals surface area (Å²) in [5.74, 6) is 1.56. The first-order chi connectivity index (χ1) is 15.5. The molecule has 0 spiro atoms. The van der Waals surface area contributed by atoms with E-state index >= 15 is 0 Å². The van der Waals surface area contributed by atoms with Crippen LogP contribution in [0.3, 0.4) is 0 Å². The molecule has 1 aliphatic heterocycles. The lowest BCUT2D eigenvalue weighted by Gasteiger charge is -2.28. The largest absolute Gasteiger partial charge is 0.491 e. The van der Waals surface area contributed by atoms with E-state index in [-0.39, 0.29) is 5.95 Å². The molecule has 0 saturated carbocycles. The topological polar surface area (TPSA) is 115 Å². The van der Waals surface area contributed by atoms with E-state index in [4.69, 9.17) is 25.2 Å². The molecule has 10 heteroatoms. The van der Waals surface area contributed by atoms with Gasteiger partial charge in [-0.3, -0.25) is 4.98 Å². The highest BCUT2D eigenvalue weighted by molar-refractivity contribution is 5.74. The Morgan fingerprint density at radius 3 is 2.41 bits per heavy atom. The average Bonchev–Trinajstić information content (AvgIpc) is 2.80. The van der Waals surface area contributed by atoms with E-state index in [9.17, 15) is 0 Å². The number of hydrogen-bond acceptors (Lipinski definition) is 10. The van der Waals surface area contributed by atoms with Crippen molar-refractivity contribution >= 4 is 11.9 Å². The molecule has 1 saturated heterocycles. The maximum absolute atomic E-state index is 5.89. The second-order valence-electron chi connectivity index (χ2n) is 7.84. The van der Waals surface area contributed by atoms with Crippen molar-refractivity contribution in [3.8, 4) is 28.3 Å². The summed E-state index contributed by atoms with van der Waals surface area (Å²) in [6.45, 7) is 6.13. The first kappa shape index (κ1) is 21.8. The SMILES string of the molecule is Cc1c(-c2cnc(N)nc2)nc(N2CCOCC2)nc1-c1cncc(OCCN(C)C)c1. The van der Waals surface area contributed by atoms with Gasteiger partial charge in [-0.15, -0.1) is 0 Å². The number of nitrogens with two attached hydrogens (primary N) is 1. The van der Waals surface area contributed by atoms with E-state index in [1.54, 1.807) is 24.8 Å². The first-order valence-electron chi connectivity index (χ1n) is 10.5. The lowest BCUT2D eigenvalue weighted by atomic mass is 10.0. The maximum Gasteiger partial charge on any atom is 0.226 e. The van der Waals surface area contributed by atoms with Crippen molar-refractivity contribution < 1.29 is 9.47 Å². The van der Waals surface area contributed by atoms with Crippen LogP contribution in [0.2, 0.25) is 0 Å². The van der Waals surface area contributed by atoms with Crippen LogP contribution in [0, 0.1) is 6.92 Å². The van der Waals surface area contributed by atoms with Gasteiger partial charge in [0, 0.05) is 54.9 Å². The van der Waals surface area contributed by atoms with Gasteiger partial charge < -0.3 is 25.0 Å². The summed E-state index contributed by atoms with van der Waals surface area (Å²) in [7, 11) is 4.02. The Hall–Kier alpha value is -3.37. The summed E-state index contributed by atoms with van der Waals surface area (Å²) in [4.78, 5) is 26.6. The molecule has 0 atom stereocenters. The predicted molar refractivity (Wildman–Crippen MR) is 123 cm³/mol. The van der Waals surface area contributed by atoms with Crippen molar-refractivity contribution in [2.24, 2.45) is 0 Å². The highest BCUT2D eigenvalue weighted by Gasteiger charge is 2.20. The molecule has 4 heterocycles. The average molecular weight is 437 g/mol. The van der Waals surface area contributed by atoms with Crippen LogP contribution in [0.25, 0.3) is 22.5 Å². The Labute approximate surface area is 187 Å². The van der Waals surface area contributed by atoms with Crippen molar-refractivity contribution in [1.29, 1.82) is 0 Å². The first-order valence-corrected chi connectivity index (χ1v) is 10.5. The Bertz CT molecular complexity index is 1050. The van der Waals surface area contributed by atoms with Gasteiger partial charge in [-0.2, -0.15) is 0 Å². The molecule has 2 N–H and O–H groups in total. The number of pyridine rings is 1. The summed E-state index contributed by atoms with van der Waals surface area (Å²) in [6, 6.07) is 1.96. The molecule has 1 aliphatic rings. The van der Waals surface area contributed by atoms with Gasteiger partial charge in [0.2, 0.25) is 11.9 Å². The molecule has 0 aromatic carbocycles. The van der Waals surface area contributed by atoms with Crippen LogP contribution in [0.15, 0.2) is 30.9 Å². The van der Waals surface area contributed by atoms with Gasteiger partial charge in [0.15, 0.2) is 0 Å². The Morgan fingerprint density at radius 2 is 1.72 bits per heavy atom. The van der Waals surface area contributed by atoms with Gasteiger partial charge >= 0.3 is 0 Å². The highest BCUT2D eigenvalue weighted by atomic mass is 16.5. The normalized spacial score (nSPS) is 14.1. The number of nitrogens with zero attached hydrogens (tertiary/aromatic N) is 7. The van der Waals surface area contributed by atoms with Gasteiger partial charge in [0.25, 0.3) is 0 Å². The third-order valence-corrected chi connectivity index (χ3v) is 5.17. The molecule has 32 heavy (non-hydrogen) atoms. The van der Waals surface area contributed by atoms with Crippen molar-refractivity contribution in [2.75, 3.05) is 64.2 Å². The van der Waals surface area contributed by atoms with Crippen LogP contribution in [-0.2, 0) is 4.74 Å². The van der Waals surface area contributed by atoms with Crippen LogP contribution in [-0.4, -0.2) is 83.4 Å². The number of hydrogen-bond donors (Lipinski definition) is 1. The second-order valence-corrected chi connectivity index (χ2v) is 7.84. The second kappa shape index (κ2) is 9.84. The highest BCUT2D eigenvalue weighted by Crippen LogP contribution is 2.32. The van der Waals surface area contributed by atoms with E-state index < -0.39 is 0 Å². The molecular formula is C22H28N8O2. The summed E-state index contributed by atoms with van der Waals surface area (Å²) in [5.41, 5.74) is 9.78. The molecule has 10 nitrogen and oxygen atoms in total. The number of rotatable bonds is 7. The summed E-state index contributed by atoms with van der Waals surface area (Å²) in [6.07, 6.45) is 6.88. The van der Waals surface area contributed by atoms with Gasteiger partial charge in [0.05, 0.1) is 30.8 Å². The van der Waals surface area contributed by atoms with Crippen LogP contribution < -0.4 is 15.4 Å². The fraction of sp³-hybridized carbons (Fsp3) is 0.409. The number of nitrogen functional groups attached to an aromatic ring is 1. The smallest absolute Gasteiger partial charge is 0.226 e. The van der Waals surface area contributed by atoms with Gasteiger partial charge in [-0.05, 0) is 27.1 Å². The number of morpholine rings is 1. The van der Waals surface area contributed by atoms with Crippen LogP contribution in [0.4, 0.5) is 11.9 Å². The fourth-order valence-electron chi connectivity index (χ4n) is 3.41. The number of likely N-dealkylation sites (N-methyl/N-ethyl adjacent to an activating group) is 1. The molecule has 3 aromatic heterocycles. The minimum atomic E-state index is 0.223. The number of aromatic nitrogens is 5. The number of anilines is 2. The van der Waals surface area contributed by atoms with Crippen LogP contribution >= 0.6 is 0 Å². The minimum Gasteiger partial charge on any atom is -0.491 e. The lowest BCUT2D eigenvalue weighted by Crippen LogP contribution is -2.37. The molecule has 1 fully saturated rings. The molecule has 0 bridgehead atoms. The third kappa shape index (κ3) is 5.09. The fourth-order valence-corrected chi connectivity index (χ4v) is 3.41. The summed E-state index contributed by atoms with van der Waals surface area (Å²) in [5, 5.41) is 0.